The van der Waals surface area contributed by atoms with Crippen molar-refractivity contribution in [3.63, 3.8) is 0 Å². The Morgan fingerprint density at radius 3 is 2.67 bits per heavy atom. The third kappa shape index (κ3) is 3.30. The van der Waals surface area contributed by atoms with E-state index in [9.17, 15) is 0 Å². The lowest BCUT2D eigenvalue weighted by Crippen LogP contribution is -2.10. The van der Waals surface area contributed by atoms with Crippen molar-refractivity contribution in [2.24, 2.45) is 0 Å². The van der Waals surface area contributed by atoms with Crippen molar-refractivity contribution >= 4 is 0 Å². The molecule has 0 radical (unpaired) electrons. The van der Waals surface area contributed by atoms with Crippen LogP contribution in [-0.4, -0.2) is 11.8 Å². The topological polar surface area (TPSA) is 55.1 Å². The number of benzene rings is 1. The van der Waals surface area contributed by atoms with Gasteiger partial charge in [-0.3, -0.25) is 4.98 Å². The zero-order valence-electron chi connectivity index (χ0n) is 9.74. The van der Waals surface area contributed by atoms with Gasteiger partial charge in [0.1, 0.15) is 5.75 Å². The van der Waals surface area contributed by atoms with Gasteiger partial charge in [-0.15, -0.1) is 0 Å². The van der Waals surface area contributed by atoms with Gasteiger partial charge in [0.05, 0.1) is 24.4 Å². The average molecular weight is 240 g/mol. The molecule has 0 amide bonds. The van der Waals surface area contributed by atoms with Crippen LogP contribution < -0.4 is 4.74 Å². The second kappa shape index (κ2) is 6.38. The minimum Gasteiger partial charge on any atom is -0.466 e. The Bertz CT molecular complexity index is 510. The fraction of sp³-hybridized carbons (Fsp3) is 0.143. The van der Waals surface area contributed by atoms with Gasteiger partial charge >= 0.3 is 0 Å². The highest BCUT2D eigenvalue weighted by molar-refractivity contribution is 5.29. The summed E-state index contributed by atoms with van der Waals surface area (Å²) in [5.41, 5.74) is 1.79. The van der Waals surface area contributed by atoms with Crippen molar-refractivity contribution in [1.82, 2.24) is 4.98 Å². The van der Waals surface area contributed by atoms with E-state index < -0.39 is 0 Å². The van der Waals surface area contributed by atoms with E-state index in [4.69, 9.17) is 14.7 Å². The highest BCUT2D eigenvalue weighted by Crippen LogP contribution is 2.20. The summed E-state index contributed by atoms with van der Waals surface area (Å²) >= 11 is 0. The van der Waals surface area contributed by atoms with Crippen molar-refractivity contribution in [3.05, 3.63) is 59.9 Å². The first-order valence-corrected chi connectivity index (χ1v) is 5.49. The molecule has 0 unspecified atom stereocenters. The fourth-order valence-corrected chi connectivity index (χ4v) is 1.43. The Morgan fingerprint density at radius 1 is 1.17 bits per heavy atom. The lowest BCUT2D eigenvalue weighted by Gasteiger charge is -2.15. The number of pyridine rings is 1. The van der Waals surface area contributed by atoms with Crippen LogP contribution in [0.5, 0.6) is 5.75 Å². The molecule has 1 aromatic carbocycles. The molecule has 4 nitrogen and oxygen atoms in total. The molecule has 0 aliphatic carbocycles. The predicted octanol–water partition coefficient (Wildman–Crippen LogP) is 2.51. The Balaban J connectivity index is 0.000000138. The van der Waals surface area contributed by atoms with Crippen LogP contribution in [0.2, 0.25) is 0 Å². The van der Waals surface area contributed by atoms with Crippen LogP contribution in [0.15, 0.2) is 48.8 Å². The molecule has 0 bridgehead atoms. The van der Waals surface area contributed by atoms with Gasteiger partial charge in [-0.05, 0) is 18.2 Å². The lowest BCUT2D eigenvalue weighted by molar-refractivity contribution is -0.0166. The molecule has 0 saturated carbocycles. The number of nitriles is 1. The second-order valence-electron chi connectivity index (χ2n) is 3.57. The van der Waals surface area contributed by atoms with Crippen LogP contribution in [0, 0.1) is 11.3 Å². The quantitative estimate of drug-likeness (QED) is 0.710. The molecule has 0 fully saturated rings. The van der Waals surface area contributed by atoms with Gasteiger partial charge in [0.2, 0.25) is 0 Å². The molecule has 0 spiro atoms. The maximum Gasteiger partial charge on any atom is 0.189 e. The van der Waals surface area contributed by atoms with Crippen LogP contribution in [0.1, 0.15) is 11.1 Å². The molecular formula is C14H12N2O2. The predicted molar refractivity (Wildman–Crippen MR) is 65.7 cm³/mol. The zero-order valence-corrected chi connectivity index (χ0v) is 9.74. The van der Waals surface area contributed by atoms with E-state index in [1.54, 1.807) is 24.5 Å². The molecule has 0 N–H and O–H groups in total. The first-order valence-electron chi connectivity index (χ1n) is 5.49. The van der Waals surface area contributed by atoms with Gasteiger partial charge in [-0.2, -0.15) is 5.26 Å². The number of nitrogens with zero attached hydrogens (tertiary/aromatic N) is 2. The highest BCUT2D eigenvalue weighted by atomic mass is 16.7. The molecular weight excluding hydrogens is 228 g/mol. The van der Waals surface area contributed by atoms with Crippen molar-refractivity contribution in [1.29, 1.82) is 5.26 Å². The maximum atomic E-state index is 8.29. The number of hydrogen-bond acceptors (Lipinski definition) is 4. The monoisotopic (exact) mass is 240 g/mol. The summed E-state index contributed by atoms with van der Waals surface area (Å²) in [6.07, 6.45) is 3.44. The van der Waals surface area contributed by atoms with Gasteiger partial charge in [0.25, 0.3) is 0 Å². The summed E-state index contributed by atoms with van der Waals surface area (Å²) in [6.45, 7) is 0.983. The van der Waals surface area contributed by atoms with Crippen molar-refractivity contribution in [3.8, 4) is 11.8 Å². The molecule has 0 atom stereocenters. The van der Waals surface area contributed by atoms with Crippen molar-refractivity contribution < 1.29 is 9.47 Å². The normalized spacial score (nSPS) is 12.2. The largest absolute Gasteiger partial charge is 0.466 e. The van der Waals surface area contributed by atoms with Crippen molar-refractivity contribution in [2.75, 3.05) is 6.79 Å². The van der Waals surface area contributed by atoms with E-state index >= 15 is 0 Å². The number of aromatic nitrogens is 1. The Labute approximate surface area is 105 Å². The van der Waals surface area contributed by atoms with Crippen LogP contribution in [0.3, 0.4) is 0 Å². The third-order valence-corrected chi connectivity index (χ3v) is 2.33. The molecule has 2 heterocycles. The Hall–Kier alpha value is -2.38. The molecule has 2 aromatic rings. The van der Waals surface area contributed by atoms with E-state index in [2.05, 4.69) is 4.98 Å². The third-order valence-electron chi connectivity index (χ3n) is 2.33. The first kappa shape index (κ1) is 12.1. The average Bonchev–Trinajstić information content (AvgIpc) is 2.49. The Kier molecular flexibility index (Phi) is 4.28. The second-order valence-corrected chi connectivity index (χ2v) is 3.57. The van der Waals surface area contributed by atoms with E-state index in [0.717, 1.165) is 11.3 Å². The number of fused-ring (bicyclic) bond motifs is 1. The molecule has 0 saturated heterocycles. The molecule has 3 rings (SSSR count). The first-order chi connectivity index (χ1) is 8.90. The van der Waals surface area contributed by atoms with Crippen LogP contribution in [0.25, 0.3) is 0 Å². The van der Waals surface area contributed by atoms with Crippen LogP contribution in [-0.2, 0) is 11.3 Å². The number of ether oxygens (including phenoxy) is 2. The summed E-state index contributed by atoms with van der Waals surface area (Å²) < 4.78 is 10.2. The number of hydrogen-bond donors (Lipinski definition) is 0. The highest BCUT2D eigenvalue weighted by Gasteiger charge is 2.07. The fourth-order valence-electron chi connectivity index (χ4n) is 1.43. The number of rotatable bonds is 0. The minimum absolute atomic E-state index is 0.346. The van der Waals surface area contributed by atoms with E-state index in [-0.39, 0.29) is 0 Å². The molecule has 4 heteroatoms. The minimum atomic E-state index is 0.346. The maximum absolute atomic E-state index is 8.29. The molecule has 1 aromatic heterocycles. The molecule has 1 aliphatic heterocycles. The van der Waals surface area contributed by atoms with Crippen LogP contribution >= 0.6 is 0 Å². The lowest BCUT2D eigenvalue weighted by atomic mass is 10.2. The standard InChI is InChI=1S/C7H7NO2.C7H5N/c1-2-8-3-7-6(1)4-9-5-10-7;8-6-7-4-2-1-3-5-7/h1-3H,4-5H2;1-5H. The van der Waals surface area contributed by atoms with Gasteiger partial charge < -0.3 is 9.47 Å². The van der Waals surface area contributed by atoms with Crippen LogP contribution in [0.4, 0.5) is 0 Å². The summed E-state index contributed by atoms with van der Waals surface area (Å²) in [4.78, 5) is 3.92. The summed E-state index contributed by atoms with van der Waals surface area (Å²) in [6, 6.07) is 13.1. The summed E-state index contributed by atoms with van der Waals surface area (Å²) in [5.74, 6) is 0.841. The molecule has 18 heavy (non-hydrogen) atoms. The van der Waals surface area contributed by atoms with Crippen molar-refractivity contribution in [2.45, 2.75) is 6.61 Å². The summed E-state index contributed by atoms with van der Waals surface area (Å²) in [7, 11) is 0. The van der Waals surface area contributed by atoms with E-state index in [1.165, 1.54) is 0 Å². The summed E-state index contributed by atoms with van der Waals surface area (Å²) in [5, 5.41) is 8.29. The zero-order chi connectivity index (χ0) is 12.6. The molecule has 90 valence electrons. The van der Waals surface area contributed by atoms with Gasteiger partial charge in [0.15, 0.2) is 6.79 Å². The van der Waals surface area contributed by atoms with E-state index in [1.807, 2.05) is 30.3 Å². The van der Waals surface area contributed by atoms with Gasteiger partial charge in [-0.1, -0.05) is 18.2 Å². The van der Waals surface area contributed by atoms with Gasteiger partial charge in [0, 0.05) is 11.8 Å². The SMILES string of the molecule is N#Cc1ccccc1.c1cc2c(cn1)OCOC2. The smallest absolute Gasteiger partial charge is 0.189 e. The van der Waals surface area contributed by atoms with Gasteiger partial charge in [-0.25, -0.2) is 0 Å². The molecule has 1 aliphatic rings. The Morgan fingerprint density at radius 2 is 2.00 bits per heavy atom. The van der Waals surface area contributed by atoms with E-state index in [0.29, 0.717) is 19.0 Å².